The third-order valence-electron chi connectivity index (χ3n) is 4.77. The van der Waals surface area contributed by atoms with Crippen molar-refractivity contribution in [3.8, 4) is 17.0 Å². The predicted octanol–water partition coefficient (Wildman–Crippen LogP) is 4.06. The molecule has 0 bridgehead atoms. The van der Waals surface area contributed by atoms with Gasteiger partial charge in [0, 0.05) is 23.0 Å². The highest BCUT2D eigenvalue weighted by Crippen LogP contribution is 2.37. The molecule has 34 heavy (non-hydrogen) atoms. The largest absolute Gasteiger partial charge is 0.434 e. The van der Waals surface area contributed by atoms with Gasteiger partial charge in [-0.05, 0) is 44.2 Å². The average Bonchev–Trinajstić information content (AvgIpc) is 3.26. The second kappa shape index (κ2) is 8.92. The third kappa shape index (κ3) is 4.95. The molecule has 0 spiro atoms. The summed E-state index contributed by atoms with van der Waals surface area (Å²) in [5.74, 6) is -0.751. The number of hydrogen-bond acceptors (Lipinski definition) is 6. The van der Waals surface area contributed by atoms with Crippen LogP contribution in [-0.2, 0) is 6.54 Å². The number of nitrogen functional groups attached to an aromatic ring is 1. The van der Waals surface area contributed by atoms with Crippen LogP contribution in [0.1, 0.15) is 24.2 Å². The fourth-order valence-electron chi connectivity index (χ4n) is 3.51. The molecule has 0 unspecified atom stereocenters. The number of alkyl halides is 2. The summed E-state index contributed by atoms with van der Waals surface area (Å²) in [5.41, 5.74) is 5.87. The zero-order valence-corrected chi connectivity index (χ0v) is 18.9. The van der Waals surface area contributed by atoms with Crippen molar-refractivity contribution in [1.29, 1.82) is 0 Å². The van der Waals surface area contributed by atoms with Crippen LogP contribution in [0.15, 0.2) is 48.8 Å². The first-order valence-electron chi connectivity index (χ1n) is 10.1. The Morgan fingerprint density at radius 1 is 1.29 bits per heavy atom. The maximum absolute atomic E-state index is 13.2. The van der Waals surface area contributed by atoms with E-state index in [4.69, 9.17) is 17.3 Å². The number of rotatable bonds is 7. The fraction of sp³-hybridized carbons (Fsp3) is 0.227. The lowest BCUT2D eigenvalue weighted by Gasteiger charge is -2.16. The molecule has 1 amide bonds. The Labute approximate surface area is 197 Å². The molecule has 0 aliphatic rings. The highest BCUT2D eigenvalue weighted by atomic mass is 35.5. The molecule has 178 valence electrons. The molecule has 4 rings (SSSR count). The molecule has 3 heterocycles. The van der Waals surface area contributed by atoms with Gasteiger partial charge in [-0.1, -0.05) is 17.7 Å². The van der Waals surface area contributed by atoms with Crippen molar-refractivity contribution in [2.24, 2.45) is 0 Å². The Bertz CT molecular complexity index is 1360. The summed E-state index contributed by atoms with van der Waals surface area (Å²) in [7, 11) is 0. The number of nitrogens with one attached hydrogen (secondary N) is 1. The topological polar surface area (TPSA) is 120 Å². The lowest BCUT2D eigenvalue weighted by Crippen LogP contribution is -2.26. The second-order valence-electron chi connectivity index (χ2n) is 8.17. The first-order valence-corrected chi connectivity index (χ1v) is 10.5. The number of carbonyl (C=O) groups excluding carboxylic acids is 1. The number of fused-ring (bicyclic) bond motifs is 1. The number of carbonyl (C=O) groups is 1. The molecule has 9 nitrogen and oxygen atoms in total. The van der Waals surface area contributed by atoms with Gasteiger partial charge in [0.1, 0.15) is 17.0 Å². The summed E-state index contributed by atoms with van der Waals surface area (Å²) in [4.78, 5) is 13.2. The quantitative estimate of drug-likeness (QED) is 0.359. The Kier molecular flexibility index (Phi) is 6.15. The van der Waals surface area contributed by atoms with E-state index < -0.39 is 18.1 Å². The summed E-state index contributed by atoms with van der Waals surface area (Å²) in [5, 5.41) is 21.7. The van der Waals surface area contributed by atoms with E-state index in [-0.39, 0.29) is 45.6 Å². The molecule has 0 atom stereocenters. The van der Waals surface area contributed by atoms with Crippen molar-refractivity contribution in [3.05, 3.63) is 59.4 Å². The van der Waals surface area contributed by atoms with Gasteiger partial charge in [0.2, 0.25) is 0 Å². The normalized spacial score (nSPS) is 11.9. The number of halogens is 3. The molecule has 0 radical (unpaired) electrons. The number of benzene rings is 1. The molecule has 4 N–H and O–H groups in total. The minimum atomic E-state index is -3.09. The number of hydrogen-bond donors (Lipinski definition) is 3. The van der Waals surface area contributed by atoms with Gasteiger partial charge >= 0.3 is 6.61 Å². The van der Waals surface area contributed by atoms with Crippen LogP contribution in [0.25, 0.3) is 16.8 Å². The molecular formula is C22H21ClF2N6O3. The number of aliphatic hydroxyl groups is 1. The zero-order chi connectivity index (χ0) is 24.6. The van der Waals surface area contributed by atoms with Gasteiger partial charge in [-0.3, -0.25) is 9.48 Å². The standard InChI is InChI=1S/C22H21ClF2N6O3/c1-22(2,33)11-30-10-14(18(28-30)13-9-12(23)6-7-16(13)34-21(24)25)27-20(32)17-15-5-3-4-8-31(15)29-19(17)26/h3-10,21,33H,11H2,1-2H3,(H2,26,29)(H,27,32). The van der Waals surface area contributed by atoms with E-state index in [0.29, 0.717) is 5.52 Å². The Morgan fingerprint density at radius 3 is 2.76 bits per heavy atom. The van der Waals surface area contributed by atoms with Gasteiger partial charge in [-0.25, -0.2) is 4.52 Å². The van der Waals surface area contributed by atoms with Gasteiger partial charge < -0.3 is 20.9 Å². The summed E-state index contributed by atoms with van der Waals surface area (Å²) in [6.45, 7) is 0.129. The van der Waals surface area contributed by atoms with Crippen LogP contribution in [0.2, 0.25) is 5.02 Å². The number of pyridine rings is 1. The SMILES string of the molecule is CC(C)(O)Cn1cc(NC(=O)c2c(N)nn3ccccc23)c(-c2cc(Cl)ccc2OC(F)F)n1. The average molecular weight is 491 g/mol. The number of aromatic nitrogens is 4. The van der Waals surface area contributed by atoms with Crippen LogP contribution < -0.4 is 15.8 Å². The monoisotopic (exact) mass is 490 g/mol. The molecule has 3 aromatic heterocycles. The summed E-state index contributed by atoms with van der Waals surface area (Å²) < 4.78 is 33.5. The molecule has 0 fully saturated rings. The number of nitrogens with two attached hydrogens (primary N) is 1. The molecule has 0 saturated carbocycles. The summed E-state index contributed by atoms with van der Waals surface area (Å²) in [6, 6.07) is 9.24. The third-order valence-corrected chi connectivity index (χ3v) is 5.00. The molecule has 1 aromatic carbocycles. The molecular weight excluding hydrogens is 470 g/mol. The van der Waals surface area contributed by atoms with E-state index >= 15 is 0 Å². The van der Waals surface area contributed by atoms with Crippen LogP contribution >= 0.6 is 11.6 Å². The lowest BCUT2D eigenvalue weighted by atomic mass is 10.1. The Morgan fingerprint density at radius 2 is 2.06 bits per heavy atom. The van der Waals surface area contributed by atoms with Crippen molar-refractivity contribution < 1.29 is 23.4 Å². The van der Waals surface area contributed by atoms with E-state index in [0.717, 1.165) is 0 Å². The van der Waals surface area contributed by atoms with E-state index in [9.17, 15) is 18.7 Å². The minimum absolute atomic E-state index is 0.0126. The number of anilines is 2. The first kappa shape index (κ1) is 23.5. The Balaban J connectivity index is 1.80. The van der Waals surface area contributed by atoms with E-state index in [2.05, 4.69) is 20.3 Å². The van der Waals surface area contributed by atoms with Crippen LogP contribution in [0, 0.1) is 0 Å². The van der Waals surface area contributed by atoms with E-state index in [1.54, 1.807) is 38.2 Å². The van der Waals surface area contributed by atoms with Crippen molar-refractivity contribution in [1.82, 2.24) is 19.4 Å². The van der Waals surface area contributed by atoms with Crippen LogP contribution in [-0.4, -0.2) is 42.6 Å². The molecule has 0 saturated heterocycles. The van der Waals surface area contributed by atoms with Crippen LogP contribution in [0.3, 0.4) is 0 Å². The first-order chi connectivity index (χ1) is 16.0. The molecule has 4 aromatic rings. The summed E-state index contributed by atoms with van der Waals surface area (Å²) in [6.07, 6.45) is 3.12. The number of ether oxygens (including phenoxy) is 1. The predicted molar refractivity (Wildman–Crippen MR) is 123 cm³/mol. The van der Waals surface area contributed by atoms with Gasteiger partial charge in [0.15, 0.2) is 5.82 Å². The minimum Gasteiger partial charge on any atom is -0.434 e. The highest BCUT2D eigenvalue weighted by molar-refractivity contribution is 6.31. The van der Waals surface area contributed by atoms with Crippen molar-refractivity contribution >= 4 is 34.5 Å². The lowest BCUT2D eigenvalue weighted by molar-refractivity contribution is -0.0494. The van der Waals surface area contributed by atoms with Gasteiger partial charge in [0.25, 0.3) is 5.91 Å². The van der Waals surface area contributed by atoms with Gasteiger partial charge in [0.05, 0.1) is 23.3 Å². The van der Waals surface area contributed by atoms with E-state index in [1.807, 2.05) is 0 Å². The fourth-order valence-corrected chi connectivity index (χ4v) is 3.68. The maximum Gasteiger partial charge on any atom is 0.387 e. The number of nitrogens with zero attached hydrogens (tertiary/aromatic N) is 4. The molecule has 0 aliphatic carbocycles. The smallest absolute Gasteiger partial charge is 0.387 e. The van der Waals surface area contributed by atoms with E-state index in [1.165, 1.54) is 33.6 Å². The zero-order valence-electron chi connectivity index (χ0n) is 18.2. The van der Waals surface area contributed by atoms with Crippen LogP contribution in [0.4, 0.5) is 20.3 Å². The summed E-state index contributed by atoms with van der Waals surface area (Å²) >= 11 is 6.11. The molecule has 12 heteroatoms. The van der Waals surface area contributed by atoms with Crippen molar-refractivity contribution in [2.45, 2.75) is 32.6 Å². The van der Waals surface area contributed by atoms with Gasteiger partial charge in [-0.2, -0.15) is 13.9 Å². The van der Waals surface area contributed by atoms with Crippen molar-refractivity contribution in [3.63, 3.8) is 0 Å². The van der Waals surface area contributed by atoms with Crippen molar-refractivity contribution in [2.75, 3.05) is 11.1 Å². The van der Waals surface area contributed by atoms with Crippen LogP contribution in [0.5, 0.6) is 5.75 Å². The maximum atomic E-state index is 13.2. The number of amides is 1. The Hall–Kier alpha value is -3.70. The highest BCUT2D eigenvalue weighted by Gasteiger charge is 2.24. The van der Waals surface area contributed by atoms with Gasteiger partial charge in [-0.15, -0.1) is 5.10 Å². The second-order valence-corrected chi connectivity index (χ2v) is 8.60. The molecule has 0 aliphatic heterocycles.